The van der Waals surface area contributed by atoms with Crippen LogP contribution in [0.25, 0.3) is 0 Å². The summed E-state index contributed by atoms with van der Waals surface area (Å²) >= 11 is 0. The van der Waals surface area contributed by atoms with Gasteiger partial charge < -0.3 is 14.4 Å². The number of rotatable bonds is 3. The molecule has 1 amide bonds. The van der Waals surface area contributed by atoms with Crippen molar-refractivity contribution < 1.29 is 35.9 Å². The third-order valence-corrected chi connectivity index (χ3v) is 6.19. The molecular weight excluding hydrogens is 401 g/mol. The Morgan fingerprint density at radius 3 is 2.25 bits per heavy atom. The molecule has 3 rings (SSSR count). The Labute approximate surface area is 161 Å². The van der Waals surface area contributed by atoms with E-state index in [-0.39, 0.29) is 23.4 Å². The minimum atomic E-state index is -4.90. The van der Waals surface area contributed by atoms with Crippen molar-refractivity contribution in [1.29, 1.82) is 0 Å². The molecule has 1 aromatic rings. The van der Waals surface area contributed by atoms with Gasteiger partial charge in [-0.15, -0.1) is 13.2 Å². The topological polar surface area (TPSA) is 76.2 Å². The highest BCUT2D eigenvalue weighted by molar-refractivity contribution is 7.89. The van der Waals surface area contributed by atoms with Crippen molar-refractivity contribution in [2.24, 2.45) is 5.41 Å². The fourth-order valence-corrected chi connectivity index (χ4v) is 4.97. The summed E-state index contributed by atoms with van der Waals surface area (Å²) in [5.41, 5.74) is -0.942. The molecule has 0 aliphatic carbocycles. The van der Waals surface area contributed by atoms with Crippen molar-refractivity contribution in [1.82, 2.24) is 9.21 Å². The van der Waals surface area contributed by atoms with Crippen LogP contribution in [0, 0.1) is 5.41 Å². The van der Waals surface area contributed by atoms with Crippen LogP contribution in [0.15, 0.2) is 29.2 Å². The molecule has 2 fully saturated rings. The molecule has 7 nitrogen and oxygen atoms in total. The van der Waals surface area contributed by atoms with Crippen LogP contribution < -0.4 is 4.74 Å². The minimum absolute atomic E-state index is 0.193. The fourth-order valence-electron chi connectivity index (χ4n) is 3.27. The maximum Gasteiger partial charge on any atom is 0.573 e. The molecule has 0 bridgehead atoms. The highest BCUT2D eigenvalue weighted by atomic mass is 32.2. The van der Waals surface area contributed by atoms with Crippen LogP contribution in [-0.2, 0) is 14.8 Å². The van der Waals surface area contributed by atoms with Crippen LogP contribution in [0.1, 0.15) is 20.8 Å². The molecule has 0 atom stereocenters. The van der Waals surface area contributed by atoms with Gasteiger partial charge in [0, 0.05) is 37.7 Å². The van der Waals surface area contributed by atoms with Gasteiger partial charge in [-0.2, -0.15) is 4.31 Å². The van der Waals surface area contributed by atoms with Crippen molar-refractivity contribution >= 4 is 16.1 Å². The van der Waals surface area contributed by atoms with Crippen LogP contribution in [0.5, 0.6) is 5.75 Å². The largest absolute Gasteiger partial charge is 0.573 e. The van der Waals surface area contributed by atoms with E-state index in [1.54, 1.807) is 20.8 Å². The molecule has 28 heavy (non-hydrogen) atoms. The second-order valence-electron chi connectivity index (χ2n) is 8.13. The number of sulfonamides is 1. The third kappa shape index (κ3) is 4.35. The number of hydrogen-bond acceptors (Lipinski definition) is 5. The monoisotopic (exact) mass is 422 g/mol. The average Bonchev–Trinajstić information content (AvgIpc) is 2.40. The van der Waals surface area contributed by atoms with Gasteiger partial charge in [-0.1, -0.05) is 6.07 Å². The second kappa shape index (κ2) is 6.51. The summed E-state index contributed by atoms with van der Waals surface area (Å²) in [5.74, 6) is -0.594. The first-order valence-electron chi connectivity index (χ1n) is 8.53. The Morgan fingerprint density at radius 1 is 1.11 bits per heavy atom. The van der Waals surface area contributed by atoms with E-state index >= 15 is 0 Å². The summed E-state index contributed by atoms with van der Waals surface area (Å²) in [6.07, 6.45) is -5.35. The van der Waals surface area contributed by atoms with E-state index in [0.29, 0.717) is 13.1 Å². The van der Waals surface area contributed by atoms with Crippen molar-refractivity contribution in [2.45, 2.75) is 37.6 Å². The quantitative estimate of drug-likeness (QED) is 0.749. The summed E-state index contributed by atoms with van der Waals surface area (Å²) < 4.78 is 72.6. The molecule has 0 N–H and O–H groups in total. The van der Waals surface area contributed by atoms with E-state index in [4.69, 9.17) is 4.74 Å². The highest BCUT2D eigenvalue weighted by Gasteiger charge is 2.57. The van der Waals surface area contributed by atoms with Crippen LogP contribution in [0.4, 0.5) is 18.0 Å². The normalized spacial score (nSPS) is 19.7. The zero-order valence-electron chi connectivity index (χ0n) is 15.6. The first-order valence-corrected chi connectivity index (χ1v) is 9.97. The SMILES string of the molecule is CC(C)(C)OC(=O)N1CC2(C1)CN(S(=O)(=O)c1cccc(OC(F)(F)F)c1)C2. The van der Waals surface area contributed by atoms with Gasteiger partial charge in [0.25, 0.3) is 0 Å². The number of carbonyl (C=O) groups excluding carboxylic acids is 1. The summed E-state index contributed by atoms with van der Waals surface area (Å²) in [4.78, 5) is 13.2. The molecular formula is C17H21F3N2O5S. The standard InChI is InChI=1S/C17H21F3N2O5S/c1-15(2,3)27-14(23)21-8-16(9-21)10-22(11-16)28(24,25)13-6-4-5-12(7-13)26-17(18,19)20/h4-7H,8-11H2,1-3H3. The number of ether oxygens (including phenoxy) is 2. The first kappa shape index (κ1) is 20.7. The smallest absolute Gasteiger partial charge is 0.444 e. The van der Waals surface area contributed by atoms with E-state index in [2.05, 4.69) is 4.74 Å². The van der Waals surface area contributed by atoms with Gasteiger partial charge in [0.15, 0.2) is 0 Å². The lowest BCUT2D eigenvalue weighted by molar-refractivity contribution is -0.274. The highest BCUT2D eigenvalue weighted by Crippen LogP contribution is 2.43. The predicted octanol–water partition coefficient (Wildman–Crippen LogP) is 2.83. The van der Waals surface area contributed by atoms with E-state index in [0.717, 1.165) is 12.1 Å². The van der Waals surface area contributed by atoms with Gasteiger partial charge in [-0.05, 0) is 32.9 Å². The molecule has 2 aliphatic heterocycles. The molecule has 2 heterocycles. The molecule has 0 aromatic heterocycles. The van der Waals surface area contributed by atoms with E-state index in [1.807, 2.05) is 0 Å². The van der Waals surface area contributed by atoms with Crippen molar-refractivity contribution in [3.05, 3.63) is 24.3 Å². The third-order valence-electron chi connectivity index (χ3n) is 4.40. The number of amides is 1. The van der Waals surface area contributed by atoms with E-state index in [9.17, 15) is 26.4 Å². The number of halogens is 3. The van der Waals surface area contributed by atoms with Gasteiger partial charge >= 0.3 is 12.5 Å². The van der Waals surface area contributed by atoms with E-state index in [1.165, 1.54) is 21.3 Å². The summed E-state index contributed by atoms with van der Waals surface area (Å²) in [6.45, 7) is 6.42. The number of alkyl halides is 3. The van der Waals surface area contributed by atoms with Crippen molar-refractivity contribution in [3.63, 3.8) is 0 Å². The maximum absolute atomic E-state index is 12.6. The average molecular weight is 422 g/mol. The molecule has 0 saturated carbocycles. The summed E-state index contributed by atoms with van der Waals surface area (Å²) in [6, 6.07) is 4.30. The van der Waals surface area contributed by atoms with Crippen molar-refractivity contribution in [2.75, 3.05) is 26.2 Å². The Morgan fingerprint density at radius 2 is 1.71 bits per heavy atom. The Balaban J connectivity index is 1.60. The molecule has 1 aromatic carbocycles. The predicted molar refractivity (Wildman–Crippen MR) is 92.1 cm³/mol. The lowest BCUT2D eigenvalue weighted by atomic mass is 9.75. The molecule has 0 unspecified atom stereocenters. The van der Waals surface area contributed by atoms with Crippen LogP contribution in [0.3, 0.4) is 0 Å². The number of carbonyl (C=O) groups is 1. The molecule has 0 radical (unpaired) electrons. The number of likely N-dealkylation sites (tertiary alicyclic amines) is 1. The number of hydrogen-bond donors (Lipinski definition) is 0. The van der Waals surface area contributed by atoms with Crippen LogP contribution in [-0.4, -0.2) is 61.9 Å². The molecule has 2 saturated heterocycles. The van der Waals surface area contributed by atoms with Gasteiger partial charge in [-0.25, -0.2) is 13.2 Å². The van der Waals surface area contributed by atoms with Crippen molar-refractivity contribution in [3.8, 4) is 5.75 Å². The second-order valence-corrected chi connectivity index (χ2v) is 10.1. The molecule has 2 aliphatic rings. The van der Waals surface area contributed by atoms with Gasteiger partial charge in [0.1, 0.15) is 11.4 Å². The summed E-state index contributed by atoms with van der Waals surface area (Å²) in [7, 11) is -3.94. The summed E-state index contributed by atoms with van der Waals surface area (Å²) in [5, 5.41) is 0. The first-order chi connectivity index (χ1) is 12.7. The Kier molecular flexibility index (Phi) is 4.82. The Hall–Kier alpha value is -2.01. The lowest BCUT2D eigenvalue weighted by Gasteiger charge is -2.58. The molecule has 11 heteroatoms. The zero-order valence-corrected chi connectivity index (χ0v) is 16.4. The molecule has 1 spiro atoms. The fraction of sp³-hybridized carbons (Fsp3) is 0.588. The minimum Gasteiger partial charge on any atom is -0.444 e. The maximum atomic E-state index is 12.6. The number of benzene rings is 1. The van der Waals surface area contributed by atoms with E-state index < -0.39 is 33.8 Å². The zero-order chi connectivity index (χ0) is 21.0. The number of nitrogens with zero attached hydrogens (tertiary/aromatic N) is 2. The lowest BCUT2D eigenvalue weighted by Crippen LogP contribution is -2.73. The van der Waals surface area contributed by atoms with Gasteiger partial charge in [0.05, 0.1) is 4.90 Å². The molecule has 156 valence electrons. The van der Waals surface area contributed by atoms with Crippen LogP contribution >= 0.6 is 0 Å². The van der Waals surface area contributed by atoms with Gasteiger partial charge in [-0.3, -0.25) is 0 Å². The van der Waals surface area contributed by atoms with Crippen LogP contribution in [0.2, 0.25) is 0 Å². The van der Waals surface area contributed by atoms with Gasteiger partial charge in [0.2, 0.25) is 10.0 Å². The Bertz CT molecular complexity index is 866.